The smallest absolute Gasteiger partial charge is 0.385 e. The molecule has 86 valence electrons. The zero-order valence-electron chi connectivity index (χ0n) is 7.59. The van der Waals surface area contributed by atoms with Crippen LogP contribution in [0, 0.1) is 0 Å². The molecule has 8 heteroatoms. The molecule has 0 aromatic rings. The van der Waals surface area contributed by atoms with Crippen molar-refractivity contribution in [1.29, 1.82) is 0 Å². The molecule has 0 aromatic heterocycles. The number of hydrogen-bond acceptors (Lipinski definition) is 5. The number of aliphatic hydroxyl groups excluding tert-OH is 1. The zero-order valence-corrected chi connectivity index (χ0v) is 8.40. The van der Waals surface area contributed by atoms with Crippen molar-refractivity contribution in [3.05, 3.63) is 0 Å². The second kappa shape index (κ2) is 6.85. The van der Waals surface area contributed by atoms with Crippen molar-refractivity contribution in [2.45, 2.75) is 31.8 Å². The highest BCUT2D eigenvalue weighted by atomic mass is 32.3. The zero-order chi connectivity index (χ0) is 10.5. The topological polar surface area (TPSA) is 147 Å². The lowest BCUT2D eigenvalue weighted by molar-refractivity contribution is -0.129. The lowest BCUT2D eigenvalue weighted by atomic mass is 9.97. The van der Waals surface area contributed by atoms with Gasteiger partial charge in [-0.05, 0) is 19.3 Å². The van der Waals surface area contributed by atoms with Crippen LogP contribution in [0.3, 0.4) is 0 Å². The predicted octanol–water partition coefficient (Wildman–Crippen LogP) is -0.000400. The van der Waals surface area contributed by atoms with Crippen LogP contribution >= 0.6 is 0 Å². The standard InChI is InChI=1S/C6H10O2.H3N.H2O4S/c7-5-3-1-2-4-6(5)8;;1-5(2,3)4/h5,7H,1-4H2;1H3;(H2,1,2,3,4). The van der Waals surface area contributed by atoms with Gasteiger partial charge in [-0.1, -0.05) is 0 Å². The number of Topliss-reactive ketones (excluding diaryl/α,β-unsaturated/α-hetero) is 1. The van der Waals surface area contributed by atoms with Gasteiger partial charge in [0.05, 0.1) is 0 Å². The largest absolute Gasteiger partial charge is 0.394 e. The van der Waals surface area contributed by atoms with Crippen molar-refractivity contribution < 1.29 is 27.4 Å². The number of hydrogen-bond donors (Lipinski definition) is 4. The number of carbonyl (C=O) groups excluding carboxylic acids is 1. The Morgan fingerprint density at radius 1 is 1.21 bits per heavy atom. The van der Waals surface area contributed by atoms with E-state index in [0.717, 1.165) is 12.8 Å². The van der Waals surface area contributed by atoms with Gasteiger partial charge in [0.2, 0.25) is 0 Å². The van der Waals surface area contributed by atoms with Gasteiger partial charge in [-0.25, -0.2) is 0 Å². The number of aliphatic hydroxyl groups is 1. The normalized spacial score (nSPS) is 21.6. The van der Waals surface area contributed by atoms with E-state index in [9.17, 15) is 4.79 Å². The Labute approximate surface area is 82.3 Å². The number of ketones is 1. The molecule has 0 bridgehead atoms. The van der Waals surface area contributed by atoms with E-state index in [0.29, 0.717) is 12.8 Å². The molecule has 1 aliphatic rings. The third-order valence-corrected chi connectivity index (χ3v) is 1.52. The summed E-state index contributed by atoms with van der Waals surface area (Å²) in [6.07, 6.45) is 2.60. The van der Waals surface area contributed by atoms with Crippen LogP contribution in [-0.2, 0) is 15.2 Å². The van der Waals surface area contributed by atoms with Crippen LogP contribution in [0.2, 0.25) is 0 Å². The highest BCUT2D eigenvalue weighted by Crippen LogP contribution is 2.13. The van der Waals surface area contributed by atoms with E-state index in [1.54, 1.807) is 0 Å². The van der Waals surface area contributed by atoms with Crippen LogP contribution in [0.15, 0.2) is 0 Å². The first kappa shape index (κ1) is 15.9. The van der Waals surface area contributed by atoms with Gasteiger partial charge < -0.3 is 11.3 Å². The Bertz CT molecular complexity index is 253. The summed E-state index contributed by atoms with van der Waals surface area (Å²) >= 11 is 0. The molecule has 7 nitrogen and oxygen atoms in total. The van der Waals surface area contributed by atoms with E-state index in [2.05, 4.69) is 0 Å². The average Bonchev–Trinajstić information content (AvgIpc) is 1.92. The molecule has 6 N–H and O–H groups in total. The van der Waals surface area contributed by atoms with Gasteiger partial charge in [0.15, 0.2) is 5.78 Å². The lowest BCUT2D eigenvalue weighted by Crippen LogP contribution is -2.23. The fraction of sp³-hybridized carbons (Fsp3) is 0.833. The van der Waals surface area contributed by atoms with Crippen molar-refractivity contribution in [3.63, 3.8) is 0 Å². The first-order valence-electron chi connectivity index (χ1n) is 3.71. The Morgan fingerprint density at radius 3 is 1.86 bits per heavy atom. The second-order valence-corrected chi connectivity index (χ2v) is 3.57. The van der Waals surface area contributed by atoms with E-state index in [1.165, 1.54) is 0 Å². The van der Waals surface area contributed by atoms with Gasteiger partial charge in [0, 0.05) is 6.42 Å². The minimum absolute atomic E-state index is 0. The molecule has 1 saturated carbocycles. The SMILES string of the molecule is N.O=C1CCCCC1O.O=S(=O)(O)O. The van der Waals surface area contributed by atoms with Gasteiger partial charge in [-0.2, -0.15) is 8.42 Å². The highest BCUT2D eigenvalue weighted by Gasteiger charge is 2.18. The number of rotatable bonds is 0. The van der Waals surface area contributed by atoms with E-state index in [1.807, 2.05) is 0 Å². The van der Waals surface area contributed by atoms with Gasteiger partial charge in [-0.3, -0.25) is 13.9 Å². The average molecular weight is 229 g/mol. The Kier molecular flexibility index (Phi) is 7.78. The third kappa shape index (κ3) is 11.5. The lowest BCUT2D eigenvalue weighted by Gasteiger charge is -2.13. The van der Waals surface area contributed by atoms with Crippen LogP contribution in [0.4, 0.5) is 0 Å². The third-order valence-electron chi connectivity index (χ3n) is 1.52. The van der Waals surface area contributed by atoms with Crippen molar-refractivity contribution >= 4 is 16.2 Å². The summed E-state index contributed by atoms with van der Waals surface area (Å²) in [6, 6.07) is 0. The molecule has 0 amide bonds. The molecule has 0 saturated heterocycles. The monoisotopic (exact) mass is 229 g/mol. The maximum atomic E-state index is 10.5. The van der Waals surface area contributed by atoms with Gasteiger partial charge in [0.1, 0.15) is 6.10 Å². The molecule has 0 aliphatic heterocycles. The summed E-state index contributed by atoms with van der Waals surface area (Å²) < 4.78 is 31.6. The van der Waals surface area contributed by atoms with E-state index < -0.39 is 16.5 Å². The fourth-order valence-electron chi connectivity index (χ4n) is 0.965. The van der Waals surface area contributed by atoms with Crippen LogP contribution < -0.4 is 6.15 Å². The van der Waals surface area contributed by atoms with Gasteiger partial charge in [0.25, 0.3) is 0 Å². The molecular formula is C6H15NO6S. The quantitative estimate of drug-likeness (QED) is 0.427. The summed E-state index contributed by atoms with van der Waals surface area (Å²) in [7, 11) is -4.67. The van der Waals surface area contributed by atoms with Crippen LogP contribution in [0.1, 0.15) is 25.7 Å². The Morgan fingerprint density at radius 2 is 1.64 bits per heavy atom. The minimum Gasteiger partial charge on any atom is -0.385 e. The van der Waals surface area contributed by atoms with Crippen LogP contribution in [0.25, 0.3) is 0 Å². The highest BCUT2D eigenvalue weighted by molar-refractivity contribution is 7.79. The maximum Gasteiger partial charge on any atom is 0.394 e. The van der Waals surface area contributed by atoms with E-state index in [4.69, 9.17) is 22.6 Å². The molecule has 14 heavy (non-hydrogen) atoms. The fourth-order valence-corrected chi connectivity index (χ4v) is 0.965. The number of carbonyl (C=O) groups is 1. The predicted molar refractivity (Wildman–Crippen MR) is 48.7 cm³/mol. The maximum absolute atomic E-state index is 10.5. The molecule has 1 aliphatic carbocycles. The summed E-state index contributed by atoms with van der Waals surface area (Å²) in [5.41, 5.74) is 0. The first-order chi connectivity index (χ1) is 5.80. The van der Waals surface area contributed by atoms with Gasteiger partial charge >= 0.3 is 10.4 Å². The molecule has 0 spiro atoms. The van der Waals surface area contributed by atoms with Crippen LogP contribution in [-0.4, -0.2) is 34.5 Å². The van der Waals surface area contributed by atoms with E-state index in [-0.39, 0.29) is 11.9 Å². The van der Waals surface area contributed by atoms with Crippen LogP contribution in [0.5, 0.6) is 0 Å². The molecule has 1 atom stereocenters. The summed E-state index contributed by atoms with van der Waals surface area (Å²) in [6.45, 7) is 0. The summed E-state index contributed by atoms with van der Waals surface area (Å²) in [5, 5.41) is 8.83. The van der Waals surface area contributed by atoms with Crippen molar-refractivity contribution in [2.75, 3.05) is 0 Å². The van der Waals surface area contributed by atoms with E-state index >= 15 is 0 Å². The molecule has 0 aromatic carbocycles. The van der Waals surface area contributed by atoms with Crippen molar-refractivity contribution in [1.82, 2.24) is 6.15 Å². The molecule has 1 unspecified atom stereocenters. The molecule has 1 rings (SSSR count). The Hall–Kier alpha value is -0.540. The van der Waals surface area contributed by atoms with Crippen molar-refractivity contribution in [2.24, 2.45) is 0 Å². The van der Waals surface area contributed by atoms with Crippen molar-refractivity contribution in [3.8, 4) is 0 Å². The summed E-state index contributed by atoms with van der Waals surface area (Å²) in [4.78, 5) is 10.5. The first-order valence-corrected chi connectivity index (χ1v) is 5.11. The molecule has 0 heterocycles. The second-order valence-electron chi connectivity index (χ2n) is 2.68. The molecular weight excluding hydrogens is 214 g/mol. The minimum atomic E-state index is -4.67. The Balaban J connectivity index is 0. The summed E-state index contributed by atoms with van der Waals surface area (Å²) in [5.74, 6) is 0.0243. The van der Waals surface area contributed by atoms with Gasteiger partial charge in [-0.15, -0.1) is 0 Å². The molecule has 0 radical (unpaired) electrons. The molecule has 1 fully saturated rings.